The molecule has 0 unspecified atom stereocenters. The second-order valence-electron chi connectivity index (χ2n) is 7.76. The van der Waals surface area contributed by atoms with Gasteiger partial charge >= 0.3 is 0 Å². The third-order valence-corrected chi connectivity index (χ3v) is 4.95. The summed E-state index contributed by atoms with van der Waals surface area (Å²) in [6, 6.07) is 12.2. The molecule has 0 radical (unpaired) electrons. The smallest absolute Gasteiger partial charge is 0.245 e. The number of hydrogen-bond acceptors (Lipinski definition) is 7. The molecule has 30 heavy (non-hydrogen) atoms. The summed E-state index contributed by atoms with van der Waals surface area (Å²) in [7, 11) is 0. The van der Waals surface area contributed by atoms with Crippen LogP contribution in [0.3, 0.4) is 0 Å². The molecule has 8 heteroatoms. The average Bonchev–Trinajstić information content (AvgIpc) is 3.46. The van der Waals surface area contributed by atoms with E-state index in [-0.39, 0.29) is 6.10 Å². The summed E-state index contributed by atoms with van der Waals surface area (Å²) >= 11 is 0. The average molecular weight is 401 g/mol. The predicted molar refractivity (Wildman–Crippen MR) is 114 cm³/mol. The second kappa shape index (κ2) is 7.70. The molecule has 0 saturated heterocycles. The molecule has 4 aromatic rings. The maximum Gasteiger partial charge on any atom is 0.245 e. The summed E-state index contributed by atoms with van der Waals surface area (Å²) in [4.78, 5) is 18.0. The van der Waals surface area contributed by atoms with Crippen LogP contribution in [0.25, 0.3) is 16.7 Å². The molecule has 1 aliphatic rings. The van der Waals surface area contributed by atoms with Gasteiger partial charge < -0.3 is 10.1 Å². The highest BCUT2D eigenvalue weighted by molar-refractivity contribution is 5.80. The predicted octanol–water partition coefficient (Wildman–Crippen LogP) is 3.88. The highest BCUT2D eigenvalue weighted by Crippen LogP contribution is 2.40. The van der Waals surface area contributed by atoms with Crippen LogP contribution in [0.2, 0.25) is 0 Å². The van der Waals surface area contributed by atoms with Crippen molar-refractivity contribution >= 4 is 17.0 Å². The summed E-state index contributed by atoms with van der Waals surface area (Å²) < 4.78 is 7.69. The van der Waals surface area contributed by atoms with Crippen LogP contribution in [0, 0.1) is 0 Å². The monoisotopic (exact) mass is 401 g/mol. The lowest BCUT2D eigenvalue weighted by Gasteiger charge is -2.13. The third-order valence-electron chi connectivity index (χ3n) is 4.95. The van der Waals surface area contributed by atoms with E-state index in [1.165, 1.54) is 19.2 Å². The molecule has 0 aliphatic heterocycles. The van der Waals surface area contributed by atoms with Crippen molar-refractivity contribution in [3.63, 3.8) is 0 Å². The molecular weight excluding hydrogens is 378 g/mol. The van der Waals surface area contributed by atoms with E-state index in [4.69, 9.17) is 9.72 Å². The minimum atomic E-state index is 0.00617. The zero-order valence-electron chi connectivity index (χ0n) is 17.0. The SMILES string of the molecule is CC(C)Oc1nc(NCc2ccc(-n3cncn3)cc2)nc2ccc(C3CC3)nc12. The highest BCUT2D eigenvalue weighted by Gasteiger charge is 2.26. The van der Waals surface area contributed by atoms with Crippen LogP contribution in [0.1, 0.15) is 43.9 Å². The number of ether oxygens (including phenoxy) is 1. The number of aromatic nitrogens is 6. The highest BCUT2D eigenvalue weighted by atomic mass is 16.5. The Kier molecular flexibility index (Phi) is 4.74. The maximum absolute atomic E-state index is 5.96. The molecule has 8 nitrogen and oxygen atoms in total. The van der Waals surface area contributed by atoms with Crippen molar-refractivity contribution in [3.05, 3.63) is 60.3 Å². The number of nitrogens with zero attached hydrogens (tertiary/aromatic N) is 6. The maximum atomic E-state index is 5.96. The van der Waals surface area contributed by atoms with Crippen molar-refractivity contribution in [3.8, 4) is 11.6 Å². The van der Waals surface area contributed by atoms with E-state index < -0.39 is 0 Å². The Bertz CT molecular complexity index is 1150. The van der Waals surface area contributed by atoms with Crippen LogP contribution in [0.15, 0.2) is 49.1 Å². The molecule has 0 amide bonds. The molecule has 3 heterocycles. The van der Waals surface area contributed by atoms with E-state index >= 15 is 0 Å². The fourth-order valence-corrected chi connectivity index (χ4v) is 3.28. The summed E-state index contributed by atoms with van der Waals surface area (Å²) in [6.45, 7) is 4.57. The molecule has 1 aliphatic carbocycles. The molecule has 5 rings (SSSR count). The molecule has 0 bridgehead atoms. The van der Waals surface area contributed by atoms with Gasteiger partial charge in [0.25, 0.3) is 0 Å². The van der Waals surface area contributed by atoms with Gasteiger partial charge in [-0.05, 0) is 56.5 Å². The molecule has 3 aromatic heterocycles. The standard InChI is InChI=1S/C22H23N7O/c1-14(2)30-21-20-19(10-9-18(26-20)16-5-6-16)27-22(28-21)24-11-15-3-7-17(8-4-15)29-13-23-12-25-29/h3-4,7-10,12-14,16H,5-6,11H2,1-2H3,(H,24,27,28). The normalized spacial score (nSPS) is 13.7. The number of rotatable bonds is 7. The number of hydrogen-bond donors (Lipinski definition) is 1. The number of benzene rings is 1. The quantitative estimate of drug-likeness (QED) is 0.502. The van der Waals surface area contributed by atoms with Crippen molar-refractivity contribution in [1.29, 1.82) is 0 Å². The first-order valence-corrected chi connectivity index (χ1v) is 10.2. The van der Waals surface area contributed by atoms with E-state index in [9.17, 15) is 0 Å². The Hall–Kier alpha value is -3.55. The Morgan fingerprint density at radius 3 is 2.60 bits per heavy atom. The number of fused-ring (bicyclic) bond motifs is 1. The first-order valence-electron chi connectivity index (χ1n) is 10.2. The van der Waals surface area contributed by atoms with Crippen molar-refractivity contribution < 1.29 is 4.74 Å². The van der Waals surface area contributed by atoms with Crippen LogP contribution < -0.4 is 10.1 Å². The molecule has 1 fully saturated rings. The number of anilines is 1. The van der Waals surface area contributed by atoms with E-state index in [0.717, 1.165) is 28.0 Å². The fraction of sp³-hybridized carbons (Fsp3) is 0.318. The molecule has 152 valence electrons. The van der Waals surface area contributed by atoms with Gasteiger partial charge in [0.05, 0.1) is 17.3 Å². The topological polar surface area (TPSA) is 90.6 Å². The van der Waals surface area contributed by atoms with Gasteiger partial charge in [0, 0.05) is 18.2 Å². The van der Waals surface area contributed by atoms with E-state index in [1.807, 2.05) is 44.2 Å². The van der Waals surface area contributed by atoms with Crippen LogP contribution in [0.4, 0.5) is 5.95 Å². The fourth-order valence-electron chi connectivity index (χ4n) is 3.28. The van der Waals surface area contributed by atoms with Crippen molar-refractivity contribution in [1.82, 2.24) is 29.7 Å². The lowest BCUT2D eigenvalue weighted by Crippen LogP contribution is -2.11. The Labute approximate surface area is 174 Å². The van der Waals surface area contributed by atoms with Gasteiger partial charge in [-0.25, -0.2) is 19.6 Å². The summed E-state index contributed by atoms with van der Waals surface area (Å²) in [5.41, 5.74) is 4.69. The first kappa shape index (κ1) is 18.5. The van der Waals surface area contributed by atoms with Crippen LogP contribution in [0.5, 0.6) is 5.88 Å². The van der Waals surface area contributed by atoms with E-state index in [1.54, 1.807) is 11.0 Å². The van der Waals surface area contributed by atoms with Gasteiger partial charge in [-0.3, -0.25) is 0 Å². The zero-order valence-corrected chi connectivity index (χ0v) is 17.0. The third kappa shape index (κ3) is 3.94. The number of pyridine rings is 1. The van der Waals surface area contributed by atoms with Crippen molar-refractivity contribution in [2.45, 2.75) is 45.3 Å². The Balaban J connectivity index is 1.37. The minimum Gasteiger partial charge on any atom is -0.473 e. The summed E-state index contributed by atoms with van der Waals surface area (Å²) in [6.07, 6.45) is 5.61. The lowest BCUT2D eigenvalue weighted by atomic mass is 10.2. The second-order valence-corrected chi connectivity index (χ2v) is 7.76. The Morgan fingerprint density at radius 1 is 1.07 bits per heavy atom. The van der Waals surface area contributed by atoms with E-state index in [2.05, 4.69) is 31.4 Å². The van der Waals surface area contributed by atoms with Gasteiger partial charge in [-0.1, -0.05) is 12.1 Å². The Morgan fingerprint density at radius 2 is 1.90 bits per heavy atom. The van der Waals surface area contributed by atoms with Crippen LogP contribution in [-0.2, 0) is 6.54 Å². The lowest BCUT2D eigenvalue weighted by molar-refractivity contribution is 0.235. The molecule has 1 saturated carbocycles. The minimum absolute atomic E-state index is 0.00617. The van der Waals surface area contributed by atoms with Crippen LogP contribution >= 0.6 is 0 Å². The van der Waals surface area contributed by atoms with Gasteiger partial charge in [0.2, 0.25) is 11.8 Å². The molecular formula is C22H23N7O. The van der Waals surface area contributed by atoms with Gasteiger partial charge in [-0.2, -0.15) is 10.1 Å². The number of nitrogens with one attached hydrogen (secondary N) is 1. The van der Waals surface area contributed by atoms with Crippen molar-refractivity contribution in [2.24, 2.45) is 0 Å². The van der Waals surface area contributed by atoms with Gasteiger partial charge in [0.1, 0.15) is 12.7 Å². The first-order chi connectivity index (χ1) is 14.7. The summed E-state index contributed by atoms with van der Waals surface area (Å²) in [5, 5.41) is 7.45. The molecule has 0 atom stereocenters. The van der Waals surface area contributed by atoms with E-state index in [0.29, 0.717) is 24.3 Å². The zero-order chi connectivity index (χ0) is 20.5. The molecule has 0 spiro atoms. The summed E-state index contributed by atoms with van der Waals surface area (Å²) in [5.74, 6) is 1.63. The van der Waals surface area contributed by atoms with Gasteiger partial charge in [-0.15, -0.1) is 0 Å². The van der Waals surface area contributed by atoms with Crippen LogP contribution in [-0.4, -0.2) is 35.8 Å². The van der Waals surface area contributed by atoms with Crippen molar-refractivity contribution in [2.75, 3.05) is 5.32 Å². The molecule has 1 N–H and O–H groups in total. The molecule has 1 aromatic carbocycles. The van der Waals surface area contributed by atoms with Gasteiger partial charge in [0.15, 0.2) is 5.52 Å². The largest absolute Gasteiger partial charge is 0.473 e.